The molecule has 0 spiro atoms. The largest absolute Gasteiger partial charge is 0.311 e. The van der Waals surface area contributed by atoms with E-state index in [1.165, 1.54) is 60.9 Å². The number of hydrogen-bond donors (Lipinski definition) is 0. The van der Waals surface area contributed by atoms with E-state index in [2.05, 4.69) is 191 Å². The highest BCUT2D eigenvalue weighted by Gasteiger charge is 2.16. The number of rotatable bonds is 6. The van der Waals surface area contributed by atoms with Crippen LogP contribution in [0.25, 0.3) is 55.8 Å². The molecule has 228 valence electrons. The maximum atomic E-state index is 2.37. The molecule has 2 nitrogen and oxygen atoms in total. The van der Waals surface area contributed by atoms with Crippen molar-refractivity contribution in [1.82, 2.24) is 4.57 Å². The number of anilines is 3. The second-order valence-electron chi connectivity index (χ2n) is 12.5. The first-order valence-electron chi connectivity index (χ1n) is 16.7. The number of hydrogen-bond acceptors (Lipinski definition) is 1. The van der Waals surface area contributed by atoms with E-state index in [9.17, 15) is 0 Å². The minimum Gasteiger partial charge on any atom is -0.311 e. The Balaban J connectivity index is 1.08. The lowest BCUT2D eigenvalue weighted by atomic mass is 9.89. The average molecular weight is 615 g/mol. The van der Waals surface area contributed by atoms with Gasteiger partial charge >= 0.3 is 0 Å². The van der Waals surface area contributed by atoms with Gasteiger partial charge in [-0.3, -0.25) is 0 Å². The Morgan fingerprint density at radius 3 is 1.85 bits per heavy atom. The molecule has 0 atom stereocenters. The minimum absolute atomic E-state index is 1.09. The molecule has 0 saturated heterocycles. The van der Waals surface area contributed by atoms with Crippen molar-refractivity contribution >= 4 is 44.9 Å². The van der Waals surface area contributed by atoms with Crippen molar-refractivity contribution < 1.29 is 0 Å². The molecule has 1 heterocycles. The standard InChI is InChI=1S/C46H34N2/c1-3-14-37(15-4-1)47(40-29-24-35(25-30-40)42-20-11-13-34-12-7-8-18-41(34)42)39-27-22-33(23-28-39)36-26-31-46-44(32-36)43-19-9-10-21-45(43)48(46)38-16-5-2-6-17-38/h1-7,9-17,19-32H,8,18H2. The van der Waals surface area contributed by atoms with Gasteiger partial charge in [-0.15, -0.1) is 0 Å². The van der Waals surface area contributed by atoms with E-state index in [1.54, 1.807) is 0 Å². The lowest BCUT2D eigenvalue weighted by Gasteiger charge is -2.26. The smallest absolute Gasteiger partial charge is 0.0541 e. The van der Waals surface area contributed by atoms with Crippen LogP contribution in [-0.2, 0) is 6.42 Å². The summed E-state index contributed by atoms with van der Waals surface area (Å²) in [5, 5.41) is 2.53. The lowest BCUT2D eigenvalue weighted by Crippen LogP contribution is -2.09. The van der Waals surface area contributed by atoms with Crippen LogP contribution in [0.2, 0.25) is 0 Å². The van der Waals surface area contributed by atoms with E-state index in [0.29, 0.717) is 0 Å². The van der Waals surface area contributed by atoms with Crippen LogP contribution in [-0.4, -0.2) is 4.57 Å². The van der Waals surface area contributed by atoms with E-state index in [4.69, 9.17) is 0 Å². The van der Waals surface area contributed by atoms with Gasteiger partial charge in [0, 0.05) is 33.5 Å². The van der Waals surface area contributed by atoms with Gasteiger partial charge in [0.15, 0.2) is 0 Å². The van der Waals surface area contributed by atoms with Gasteiger partial charge < -0.3 is 9.47 Å². The second kappa shape index (κ2) is 11.9. The fraction of sp³-hybridized carbons (Fsp3) is 0.0435. The number of fused-ring (bicyclic) bond motifs is 4. The molecule has 1 aliphatic rings. The number of allylic oxidation sites excluding steroid dienone is 1. The maximum absolute atomic E-state index is 2.37. The number of para-hydroxylation sites is 3. The molecule has 0 amide bonds. The molecule has 0 bridgehead atoms. The van der Waals surface area contributed by atoms with Crippen molar-refractivity contribution in [3.8, 4) is 27.9 Å². The van der Waals surface area contributed by atoms with Crippen molar-refractivity contribution in [3.05, 3.63) is 187 Å². The van der Waals surface area contributed by atoms with Crippen molar-refractivity contribution in [1.29, 1.82) is 0 Å². The van der Waals surface area contributed by atoms with E-state index >= 15 is 0 Å². The predicted octanol–water partition coefficient (Wildman–Crippen LogP) is 12.5. The minimum atomic E-state index is 1.09. The summed E-state index contributed by atoms with van der Waals surface area (Å²) in [6.07, 6.45) is 6.73. The molecule has 48 heavy (non-hydrogen) atoms. The molecular formula is C46H34N2. The third-order valence-corrected chi connectivity index (χ3v) is 9.67. The quantitative estimate of drug-likeness (QED) is 0.181. The van der Waals surface area contributed by atoms with Gasteiger partial charge in [-0.1, -0.05) is 115 Å². The fourth-order valence-electron chi connectivity index (χ4n) is 7.37. The molecule has 8 aromatic rings. The summed E-state index contributed by atoms with van der Waals surface area (Å²) in [6, 6.07) is 61.6. The van der Waals surface area contributed by atoms with Crippen LogP contribution >= 0.6 is 0 Å². The van der Waals surface area contributed by atoms with Crippen LogP contribution in [0.4, 0.5) is 17.1 Å². The normalized spacial score (nSPS) is 12.3. The van der Waals surface area contributed by atoms with Crippen molar-refractivity contribution in [3.63, 3.8) is 0 Å². The van der Waals surface area contributed by atoms with Gasteiger partial charge in [-0.2, -0.15) is 0 Å². The van der Waals surface area contributed by atoms with Crippen LogP contribution in [0, 0.1) is 0 Å². The van der Waals surface area contributed by atoms with Gasteiger partial charge in [0.1, 0.15) is 0 Å². The van der Waals surface area contributed by atoms with Crippen molar-refractivity contribution in [2.75, 3.05) is 4.90 Å². The van der Waals surface area contributed by atoms with E-state index in [-0.39, 0.29) is 0 Å². The summed E-state index contributed by atoms with van der Waals surface area (Å²) in [4.78, 5) is 2.34. The summed E-state index contributed by atoms with van der Waals surface area (Å²) in [5.41, 5.74) is 14.8. The van der Waals surface area contributed by atoms with Crippen molar-refractivity contribution in [2.24, 2.45) is 0 Å². The highest BCUT2D eigenvalue weighted by atomic mass is 15.1. The Morgan fingerprint density at radius 1 is 0.458 bits per heavy atom. The molecule has 1 aromatic heterocycles. The van der Waals surface area contributed by atoms with E-state index in [0.717, 1.165) is 29.9 Å². The van der Waals surface area contributed by atoms with Crippen LogP contribution in [0.15, 0.2) is 176 Å². The Hall–Kier alpha value is -6.12. The first kappa shape index (κ1) is 28.1. The monoisotopic (exact) mass is 614 g/mol. The van der Waals surface area contributed by atoms with Gasteiger partial charge in [0.05, 0.1) is 11.0 Å². The zero-order chi connectivity index (χ0) is 31.9. The molecule has 0 saturated carbocycles. The highest BCUT2D eigenvalue weighted by molar-refractivity contribution is 6.10. The zero-order valence-electron chi connectivity index (χ0n) is 26.6. The van der Waals surface area contributed by atoms with Gasteiger partial charge in [0.2, 0.25) is 0 Å². The van der Waals surface area contributed by atoms with Crippen molar-refractivity contribution in [2.45, 2.75) is 12.8 Å². The molecule has 1 aliphatic carbocycles. The number of benzene rings is 7. The van der Waals surface area contributed by atoms with Crippen LogP contribution < -0.4 is 4.90 Å². The second-order valence-corrected chi connectivity index (χ2v) is 12.5. The highest BCUT2D eigenvalue weighted by Crippen LogP contribution is 2.39. The molecular weight excluding hydrogens is 581 g/mol. The average Bonchev–Trinajstić information content (AvgIpc) is 3.50. The molecule has 9 rings (SSSR count). The van der Waals surface area contributed by atoms with E-state index in [1.807, 2.05) is 0 Å². The maximum Gasteiger partial charge on any atom is 0.0541 e. The molecule has 0 fully saturated rings. The summed E-state index contributed by atoms with van der Waals surface area (Å²) < 4.78 is 2.37. The zero-order valence-corrected chi connectivity index (χ0v) is 26.6. The molecule has 0 unspecified atom stereocenters. The molecule has 0 aliphatic heterocycles. The van der Waals surface area contributed by atoms with Gasteiger partial charge in [0.25, 0.3) is 0 Å². The molecule has 2 heteroatoms. The molecule has 0 radical (unpaired) electrons. The van der Waals surface area contributed by atoms with Crippen LogP contribution in [0.1, 0.15) is 17.5 Å². The predicted molar refractivity (Wildman–Crippen MR) is 204 cm³/mol. The lowest BCUT2D eigenvalue weighted by molar-refractivity contribution is 0.988. The molecule has 7 aromatic carbocycles. The molecule has 0 N–H and O–H groups in total. The van der Waals surface area contributed by atoms with E-state index < -0.39 is 0 Å². The topological polar surface area (TPSA) is 8.17 Å². The number of aromatic nitrogens is 1. The third kappa shape index (κ3) is 4.90. The van der Waals surface area contributed by atoms with Gasteiger partial charge in [-0.05, 0) is 113 Å². The first-order chi connectivity index (χ1) is 23.8. The Labute approximate surface area is 281 Å². The third-order valence-electron chi connectivity index (χ3n) is 9.67. The summed E-state index contributed by atoms with van der Waals surface area (Å²) in [6.45, 7) is 0. The number of nitrogens with zero attached hydrogens (tertiary/aromatic N) is 2. The summed E-state index contributed by atoms with van der Waals surface area (Å²) in [7, 11) is 0. The van der Waals surface area contributed by atoms with Crippen LogP contribution in [0.5, 0.6) is 0 Å². The summed E-state index contributed by atoms with van der Waals surface area (Å²) >= 11 is 0. The Bertz CT molecular complexity index is 2420. The fourth-order valence-corrected chi connectivity index (χ4v) is 7.37. The Morgan fingerprint density at radius 2 is 1.08 bits per heavy atom. The SMILES string of the molecule is C1=Cc2cccc(-c3ccc(N(c4ccccc4)c4ccc(-c5ccc6c(c5)c5ccccc5n6-c5ccccc5)cc4)cc3)c2CC1. The van der Waals surface area contributed by atoms with Crippen LogP contribution in [0.3, 0.4) is 0 Å². The summed E-state index contributed by atoms with van der Waals surface area (Å²) in [5.74, 6) is 0. The Kier molecular flexibility index (Phi) is 6.98. The first-order valence-corrected chi connectivity index (χ1v) is 16.7. The van der Waals surface area contributed by atoms with Gasteiger partial charge in [-0.25, -0.2) is 0 Å².